The summed E-state index contributed by atoms with van der Waals surface area (Å²) in [6, 6.07) is 5.28. The molecule has 0 heterocycles. The molecule has 1 aromatic carbocycles. The Kier molecular flexibility index (Phi) is 5.44. The van der Waals surface area contributed by atoms with Crippen molar-refractivity contribution < 1.29 is 14.3 Å². The van der Waals surface area contributed by atoms with Crippen LogP contribution in [-0.2, 0) is 0 Å². The maximum absolute atomic E-state index is 12.2. The number of nitrogens with two attached hydrogens (primary N) is 1. The van der Waals surface area contributed by atoms with Crippen LogP contribution in [0.5, 0.6) is 11.5 Å². The average molecular weight is 292 g/mol. The molecule has 0 radical (unpaired) electrons. The summed E-state index contributed by atoms with van der Waals surface area (Å²) in [6.45, 7) is 5.41. The third-order valence-corrected chi connectivity index (χ3v) is 3.53. The Balaban J connectivity index is 2.00. The molecule has 21 heavy (non-hydrogen) atoms. The van der Waals surface area contributed by atoms with Gasteiger partial charge in [-0.05, 0) is 50.8 Å². The molecular weight excluding hydrogens is 268 g/mol. The first-order chi connectivity index (χ1) is 10.2. The molecule has 0 aliphatic heterocycles. The predicted octanol–water partition coefficient (Wildman–Crippen LogP) is 1.95. The van der Waals surface area contributed by atoms with Gasteiger partial charge in [-0.2, -0.15) is 0 Å². The zero-order chi connectivity index (χ0) is 15.2. The first-order valence-corrected chi connectivity index (χ1v) is 7.59. The van der Waals surface area contributed by atoms with Crippen LogP contribution in [0.25, 0.3) is 0 Å². The Morgan fingerprint density at radius 3 is 2.57 bits per heavy atom. The molecular formula is C16H24N2O3. The van der Waals surface area contributed by atoms with Crippen molar-refractivity contribution in [3.63, 3.8) is 0 Å². The number of benzene rings is 1. The molecule has 0 aromatic heterocycles. The summed E-state index contributed by atoms with van der Waals surface area (Å²) in [7, 11) is 0. The number of ether oxygens (including phenoxy) is 2. The highest BCUT2D eigenvalue weighted by atomic mass is 16.5. The van der Waals surface area contributed by atoms with Crippen LogP contribution in [-0.4, -0.2) is 31.7 Å². The van der Waals surface area contributed by atoms with Gasteiger partial charge in [-0.1, -0.05) is 0 Å². The zero-order valence-electron chi connectivity index (χ0n) is 12.7. The van der Waals surface area contributed by atoms with Gasteiger partial charge in [0, 0.05) is 18.2 Å². The van der Waals surface area contributed by atoms with Crippen molar-refractivity contribution in [2.75, 3.05) is 19.8 Å². The van der Waals surface area contributed by atoms with Crippen LogP contribution < -0.4 is 20.5 Å². The van der Waals surface area contributed by atoms with E-state index in [1.54, 1.807) is 18.2 Å². The maximum atomic E-state index is 12.2. The molecule has 2 rings (SSSR count). The number of carbonyl (C=O) groups excluding carboxylic acids is 1. The van der Waals surface area contributed by atoms with E-state index in [9.17, 15) is 4.79 Å². The monoisotopic (exact) mass is 292 g/mol. The Morgan fingerprint density at radius 1 is 1.29 bits per heavy atom. The molecule has 0 saturated heterocycles. The summed E-state index contributed by atoms with van der Waals surface area (Å²) >= 11 is 0. The van der Waals surface area contributed by atoms with Crippen molar-refractivity contribution in [2.45, 2.75) is 32.7 Å². The van der Waals surface area contributed by atoms with Gasteiger partial charge < -0.3 is 20.5 Å². The second-order valence-corrected chi connectivity index (χ2v) is 5.24. The van der Waals surface area contributed by atoms with Crippen molar-refractivity contribution in [1.29, 1.82) is 0 Å². The number of rotatable bonds is 8. The Hall–Kier alpha value is -1.75. The highest BCUT2D eigenvalue weighted by Crippen LogP contribution is 2.31. The first kappa shape index (κ1) is 15.6. The van der Waals surface area contributed by atoms with Crippen LogP contribution in [0.3, 0.4) is 0 Å². The molecule has 1 amide bonds. The standard InChI is InChI=1S/C16H24N2O3/c1-3-20-14-8-7-12(9-15(14)21-4-2)16(19)18-10-13(17)11-5-6-11/h7-9,11,13H,3-6,10,17H2,1-2H3,(H,18,19). The highest BCUT2D eigenvalue weighted by Gasteiger charge is 2.28. The van der Waals surface area contributed by atoms with Gasteiger partial charge in [0.15, 0.2) is 11.5 Å². The van der Waals surface area contributed by atoms with E-state index in [0.717, 1.165) is 0 Å². The van der Waals surface area contributed by atoms with E-state index in [1.165, 1.54) is 12.8 Å². The third kappa shape index (κ3) is 4.36. The molecule has 1 saturated carbocycles. The quantitative estimate of drug-likeness (QED) is 0.768. The molecule has 1 fully saturated rings. The Bertz CT molecular complexity index is 486. The van der Waals surface area contributed by atoms with E-state index in [4.69, 9.17) is 15.2 Å². The SMILES string of the molecule is CCOc1ccc(C(=O)NCC(N)C2CC2)cc1OCC. The summed E-state index contributed by atoms with van der Waals surface area (Å²) in [5.74, 6) is 1.70. The summed E-state index contributed by atoms with van der Waals surface area (Å²) < 4.78 is 11.0. The summed E-state index contributed by atoms with van der Waals surface area (Å²) in [4.78, 5) is 12.2. The molecule has 1 atom stereocenters. The predicted molar refractivity (Wildman–Crippen MR) is 81.8 cm³/mol. The van der Waals surface area contributed by atoms with Gasteiger partial charge in [-0.15, -0.1) is 0 Å². The van der Waals surface area contributed by atoms with Crippen LogP contribution in [0.1, 0.15) is 37.0 Å². The fourth-order valence-corrected chi connectivity index (χ4v) is 2.20. The lowest BCUT2D eigenvalue weighted by Crippen LogP contribution is -2.38. The van der Waals surface area contributed by atoms with Crippen LogP contribution in [0.15, 0.2) is 18.2 Å². The van der Waals surface area contributed by atoms with Crippen LogP contribution in [0.4, 0.5) is 0 Å². The van der Waals surface area contributed by atoms with E-state index in [1.807, 2.05) is 13.8 Å². The Labute approximate surface area is 125 Å². The van der Waals surface area contributed by atoms with Crippen molar-refractivity contribution in [3.05, 3.63) is 23.8 Å². The van der Waals surface area contributed by atoms with Crippen LogP contribution in [0.2, 0.25) is 0 Å². The number of hydrogen-bond donors (Lipinski definition) is 2. The maximum Gasteiger partial charge on any atom is 0.251 e. The van der Waals surface area contributed by atoms with Gasteiger partial charge in [0.1, 0.15) is 0 Å². The van der Waals surface area contributed by atoms with E-state index in [0.29, 0.717) is 42.7 Å². The summed E-state index contributed by atoms with van der Waals surface area (Å²) in [5.41, 5.74) is 6.55. The van der Waals surface area contributed by atoms with Crippen molar-refractivity contribution in [2.24, 2.45) is 11.7 Å². The Morgan fingerprint density at radius 2 is 1.95 bits per heavy atom. The number of nitrogens with one attached hydrogen (secondary N) is 1. The normalized spacial score (nSPS) is 15.4. The van der Waals surface area contributed by atoms with Gasteiger partial charge in [-0.25, -0.2) is 0 Å². The lowest BCUT2D eigenvalue weighted by molar-refractivity contribution is 0.0949. The summed E-state index contributed by atoms with van der Waals surface area (Å²) in [6.07, 6.45) is 2.35. The minimum atomic E-state index is -0.130. The van der Waals surface area contributed by atoms with Crippen molar-refractivity contribution >= 4 is 5.91 Å². The second-order valence-electron chi connectivity index (χ2n) is 5.24. The van der Waals surface area contributed by atoms with Crippen molar-refractivity contribution in [3.8, 4) is 11.5 Å². The molecule has 1 aromatic rings. The molecule has 0 bridgehead atoms. The second kappa shape index (κ2) is 7.31. The lowest BCUT2D eigenvalue weighted by Gasteiger charge is -2.14. The minimum Gasteiger partial charge on any atom is -0.490 e. The average Bonchev–Trinajstić information content (AvgIpc) is 3.31. The number of carbonyl (C=O) groups is 1. The molecule has 0 spiro atoms. The van der Waals surface area contributed by atoms with E-state index >= 15 is 0 Å². The molecule has 3 N–H and O–H groups in total. The topological polar surface area (TPSA) is 73.6 Å². The van der Waals surface area contributed by atoms with Gasteiger partial charge >= 0.3 is 0 Å². The fourth-order valence-electron chi connectivity index (χ4n) is 2.20. The zero-order valence-corrected chi connectivity index (χ0v) is 12.7. The lowest BCUT2D eigenvalue weighted by atomic mass is 10.1. The molecule has 1 unspecified atom stereocenters. The van der Waals surface area contributed by atoms with Gasteiger partial charge in [0.05, 0.1) is 13.2 Å². The van der Waals surface area contributed by atoms with Gasteiger partial charge in [0.2, 0.25) is 0 Å². The number of hydrogen-bond acceptors (Lipinski definition) is 4. The van der Waals surface area contributed by atoms with Crippen LogP contribution >= 0.6 is 0 Å². The molecule has 116 valence electrons. The minimum absolute atomic E-state index is 0.0583. The van der Waals surface area contributed by atoms with E-state index < -0.39 is 0 Å². The molecule has 5 heteroatoms. The highest BCUT2D eigenvalue weighted by molar-refractivity contribution is 5.94. The van der Waals surface area contributed by atoms with Gasteiger partial charge in [-0.3, -0.25) is 4.79 Å². The van der Waals surface area contributed by atoms with Crippen LogP contribution in [0, 0.1) is 5.92 Å². The molecule has 5 nitrogen and oxygen atoms in total. The van der Waals surface area contributed by atoms with E-state index in [-0.39, 0.29) is 11.9 Å². The van der Waals surface area contributed by atoms with E-state index in [2.05, 4.69) is 5.32 Å². The summed E-state index contributed by atoms with van der Waals surface area (Å²) in [5, 5.41) is 2.88. The van der Waals surface area contributed by atoms with Crippen molar-refractivity contribution in [1.82, 2.24) is 5.32 Å². The molecule has 1 aliphatic carbocycles. The smallest absolute Gasteiger partial charge is 0.251 e. The van der Waals surface area contributed by atoms with Gasteiger partial charge in [0.25, 0.3) is 5.91 Å². The fraction of sp³-hybridized carbons (Fsp3) is 0.562. The first-order valence-electron chi connectivity index (χ1n) is 7.59. The number of amides is 1. The third-order valence-electron chi connectivity index (χ3n) is 3.53. The molecule has 1 aliphatic rings. The largest absolute Gasteiger partial charge is 0.490 e.